The maximum atomic E-state index is 13.3. The van der Waals surface area contributed by atoms with Gasteiger partial charge in [0.25, 0.3) is 11.8 Å². The number of benzene rings is 2. The summed E-state index contributed by atoms with van der Waals surface area (Å²) in [5.74, 6) is -2.89. The first kappa shape index (κ1) is 43.0. The Kier molecular flexibility index (Phi) is 16.5. The van der Waals surface area contributed by atoms with Gasteiger partial charge in [0.15, 0.2) is 6.10 Å². The van der Waals surface area contributed by atoms with E-state index in [9.17, 15) is 29.4 Å². The number of hydrogen-bond donors (Lipinski definition) is 5. The second-order valence-corrected chi connectivity index (χ2v) is 13.3. The van der Waals surface area contributed by atoms with Crippen LogP contribution < -0.4 is 16.4 Å². The second kappa shape index (κ2) is 20.7. The summed E-state index contributed by atoms with van der Waals surface area (Å²) in [6.45, 7) is 8.91. The highest BCUT2D eigenvalue weighted by Gasteiger charge is 2.32. The fourth-order valence-electron chi connectivity index (χ4n) is 6.09. The lowest BCUT2D eigenvalue weighted by Crippen LogP contribution is -2.39. The molecule has 0 saturated heterocycles. The minimum atomic E-state index is -1.03. The van der Waals surface area contributed by atoms with Gasteiger partial charge >= 0.3 is 12.1 Å². The van der Waals surface area contributed by atoms with Crippen LogP contribution in [0.25, 0.3) is 6.08 Å². The lowest BCUT2D eigenvalue weighted by molar-refractivity contribution is -0.159. The highest BCUT2D eigenvalue weighted by atomic mass is 16.6. The largest absolute Gasteiger partial charge is 0.506 e. The van der Waals surface area contributed by atoms with Gasteiger partial charge in [-0.25, -0.2) is 4.79 Å². The van der Waals surface area contributed by atoms with E-state index in [1.54, 1.807) is 75.4 Å². The molecule has 13 heteroatoms. The molecule has 5 atom stereocenters. The number of hydrogen-bond acceptors (Lipinski definition) is 10. The SMILES string of the molecule is CCCCCC(=O)O[C@@H]1[C@@H](OC)CC(C)=Cc2c(O)c(cc(O)c2NC(=O)c2ccccc2)NC(=O)C(C)=CC=C[C@H](OC)[C@@H](OC(N)=O)C(C)=C[C@@H]1C. The quantitative estimate of drug-likeness (QED) is 0.0547. The fraction of sp³-hybridized carbons (Fsp3) is 0.415. The Hall–Kier alpha value is -5.40. The van der Waals surface area contributed by atoms with Gasteiger partial charge in [0.05, 0.1) is 17.5 Å². The molecule has 0 unspecified atom stereocenters. The summed E-state index contributed by atoms with van der Waals surface area (Å²) in [6, 6.07) is 9.48. The van der Waals surface area contributed by atoms with E-state index >= 15 is 0 Å². The monoisotopic (exact) mass is 747 g/mol. The summed E-state index contributed by atoms with van der Waals surface area (Å²) >= 11 is 0. The van der Waals surface area contributed by atoms with E-state index in [4.69, 9.17) is 24.7 Å². The summed E-state index contributed by atoms with van der Waals surface area (Å²) in [4.78, 5) is 51.8. The van der Waals surface area contributed by atoms with Crippen molar-refractivity contribution in [1.29, 1.82) is 0 Å². The van der Waals surface area contributed by atoms with Gasteiger partial charge in [0.1, 0.15) is 23.7 Å². The van der Waals surface area contributed by atoms with Crippen molar-refractivity contribution in [2.45, 2.75) is 91.1 Å². The second-order valence-electron chi connectivity index (χ2n) is 13.3. The van der Waals surface area contributed by atoms with Gasteiger partial charge in [0.2, 0.25) is 0 Å². The number of nitrogens with two attached hydrogens (primary N) is 1. The van der Waals surface area contributed by atoms with Crippen LogP contribution in [0.1, 0.15) is 82.6 Å². The van der Waals surface area contributed by atoms with Gasteiger partial charge < -0.3 is 45.5 Å². The number of ether oxygens (including phenoxy) is 4. The van der Waals surface area contributed by atoms with Crippen LogP contribution >= 0.6 is 0 Å². The number of esters is 1. The standard InChI is InChI=1S/C41H53N3O10/c1-8-9-11-19-34(46)53-38-27(5)22-26(4)37(54-41(42)50)32(51-6)18-14-15-25(3)39(48)43-30-23-31(45)35(44-40(49)28-16-12-10-13-17-28)29(36(30)47)20-24(2)21-33(38)52-7/h10,12-18,20,22-23,27,32-33,37-38,45,47H,8-9,11,19,21H2,1-7H3,(H2,42,50)(H,43,48)(H,44,49)/t27-,32-,33-,37-,38-/m0/s1. The molecule has 13 nitrogen and oxygen atoms in total. The van der Waals surface area contributed by atoms with Crippen molar-refractivity contribution in [3.05, 3.63) is 88.5 Å². The van der Waals surface area contributed by atoms with Gasteiger partial charge in [0, 0.05) is 49.3 Å². The number of primary amides is 1. The summed E-state index contributed by atoms with van der Waals surface area (Å²) in [5.41, 5.74) is 6.95. The van der Waals surface area contributed by atoms with Crippen LogP contribution in [0.5, 0.6) is 11.5 Å². The predicted molar refractivity (Wildman–Crippen MR) is 207 cm³/mol. The van der Waals surface area contributed by atoms with Crippen molar-refractivity contribution in [2.24, 2.45) is 11.7 Å². The van der Waals surface area contributed by atoms with E-state index < -0.39 is 65.7 Å². The zero-order valence-electron chi connectivity index (χ0n) is 32.0. The van der Waals surface area contributed by atoms with Crippen molar-refractivity contribution < 1.29 is 48.3 Å². The van der Waals surface area contributed by atoms with Crippen LogP contribution in [0.4, 0.5) is 16.2 Å². The molecular formula is C41H53N3O10. The number of carbonyl (C=O) groups excluding carboxylic acids is 4. The molecule has 2 aromatic carbocycles. The lowest BCUT2D eigenvalue weighted by Gasteiger charge is -2.31. The molecule has 292 valence electrons. The van der Waals surface area contributed by atoms with Gasteiger partial charge in [-0.1, -0.05) is 74.8 Å². The number of nitrogens with one attached hydrogen (secondary N) is 2. The number of allylic oxidation sites excluding steroid dienone is 2. The van der Waals surface area contributed by atoms with E-state index in [0.29, 0.717) is 23.1 Å². The van der Waals surface area contributed by atoms with Crippen molar-refractivity contribution in [3.8, 4) is 11.5 Å². The molecule has 1 aliphatic rings. The molecule has 0 fully saturated rings. The Morgan fingerprint density at radius 2 is 1.72 bits per heavy atom. The molecule has 2 aromatic rings. The molecule has 6 N–H and O–H groups in total. The number of phenols is 2. The Bertz CT molecular complexity index is 1770. The molecule has 1 heterocycles. The third-order valence-electron chi connectivity index (χ3n) is 8.99. The zero-order valence-corrected chi connectivity index (χ0v) is 32.0. The van der Waals surface area contributed by atoms with Crippen LogP contribution in [-0.4, -0.2) is 72.7 Å². The molecule has 54 heavy (non-hydrogen) atoms. The highest BCUT2D eigenvalue weighted by molar-refractivity contribution is 6.09. The molecule has 0 aromatic heterocycles. The third kappa shape index (κ3) is 12.1. The maximum Gasteiger partial charge on any atom is 0.405 e. The normalized spacial score (nSPS) is 21.2. The number of amides is 3. The molecule has 3 amide bonds. The summed E-state index contributed by atoms with van der Waals surface area (Å²) < 4.78 is 23.2. The molecule has 0 radical (unpaired) electrons. The molecule has 1 aliphatic heterocycles. The first-order valence-electron chi connectivity index (χ1n) is 17.9. The summed E-state index contributed by atoms with van der Waals surface area (Å²) in [6.07, 6.45) is 6.36. The molecular weight excluding hydrogens is 694 g/mol. The van der Waals surface area contributed by atoms with Crippen LogP contribution in [0, 0.1) is 5.92 Å². The number of fused-ring (bicyclic) bond motifs is 2. The number of anilines is 2. The van der Waals surface area contributed by atoms with Crippen molar-refractivity contribution >= 4 is 41.3 Å². The molecule has 0 aliphatic carbocycles. The van der Waals surface area contributed by atoms with E-state index in [1.165, 1.54) is 20.3 Å². The van der Waals surface area contributed by atoms with Crippen molar-refractivity contribution in [1.82, 2.24) is 0 Å². The van der Waals surface area contributed by atoms with Crippen molar-refractivity contribution in [2.75, 3.05) is 24.9 Å². The minimum Gasteiger partial charge on any atom is -0.506 e. The van der Waals surface area contributed by atoms with Crippen LogP contribution in [0.3, 0.4) is 0 Å². The number of methoxy groups -OCH3 is 2. The Balaban J connectivity index is 2.25. The number of unbranched alkanes of at least 4 members (excludes halogenated alkanes) is 2. The van der Waals surface area contributed by atoms with Gasteiger partial charge in [-0.05, 0) is 57.4 Å². The molecule has 0 spiro atoms. The number of rotatable bonds is 10. The average Bonchev–Trinajstić information content (AvgIpc) is 3.13. The van der Waals surface area contributed by atoms with E-state index in [0.717, 1.165) is 18.9 Å². The smallest absolute Gasteiger partial charge is 0.405 e. The minimum absolute atomic E-state index is 0.0210. The maximum absolute atomic E-state index is 13.3. The highest BCUT2D eigenvalue weighted by Crippen LogP contribution is 2.43. The fourth-order valence-corrected chi connectivity index (χ4v) is 6.09. The molecule has 3 rings (SSSR count). The van der Waals surface area contributed by atoms with Gasteiger partial charge in [-0.15, -0.1) is 0 Å². The Morgan fingerprint density at radius 3 is 2.35 bits per heavy atom. The Labute approximate surface area is 316 Å². The molecule has 2 bridgehead atoms. The van der Waals surface area contributed by atoms with E-state index in [-0.39, 0.29) is 35.4 Å². The number of carbonyl (C=O) groups is 4. The topological polar surface area (TPSA) is 196 Å². The molecule has 0 saturated carbocycles. The third-order valence-corrected chi connectivity index (χ3v) is 8.99. The van der Waals surface area contributed by atoms with Gasteiger partial charge in [-0.3, -0.25) is 14.4 Å². The van der Waals surface area contributed by atoms with Crippen LogP contribution in [0.2, 0.25) is 0 Å². The Morgan fingerprint density at radius 1 is 1.02 bits per heavy atom. The first-order valence-corrected chi connectivity index (χ1v) is 17.9. The summed E-state index contributed by atoms with van der Waals surface area (Å²) in [5, 5.41) is 28.1. The zero-order chi connectivity index (χ0) is 39.9. The van der Waals surface area contributed by atoms with E-state index in [1.807, 2.05) is 13.8 Å². The van der Waals surface area contributed by atoms with Gasteiger partial charge in [-0.2, -0.15) is 0 Å². The van der Waals surface area contributed by atoms with Crippen LogP contribution in [0.15, 0.2) is 77.4 Å². The first-order chi connectivity index (χ1) is 25.7. The number of aromatic hydroxyl groups is 2. The lowest BCUT2D eigenvalue weighted by atomic mass is 9.91. The van der Waals surface area contributed by atoms with E-state index in [2.05, 4.69) is 10.6 Å². The average molecular weight is 748 g/mol. The summed E-state index contributed by atoms with van der Waals surface area (Å²) in [7, 11) is 2.91. The number of phenolic OH excluding ortho intramolecular Hbond substituents is 2. The van der Waals surface area contributed by atoms with Crippen molar-refractivity contribution in [3.63, 3.8) is 0 Å². The van der Waals surface area contributed by atoms with Crippen LogP contribution in [-0.2, 0) is 28.5 Å². The predicted octanol–water partition coefficient (Wildman–Crippen LogP) is 7.17.